The molecule has 0 unspecified atom stereocenters. The summed E-state index contributed by atoms with van der Waals surface area (Å²) in [4.78, 5) is 38.6. The Balaban J connectivity index is 1.41. The summed E-state index contributed by atoms with van der Waals surface area (Å²) in [7, 11) is 1.64. The lowest BCUT2D eigenvalue weighted by Crippen LogP contribution is -2.41. The number of methoxy groups -OCH3 is 1. The minimum Gasteiger partial charge on any atom is -0.497 e. The average molecular weight is 439 g/mol. The maximum atomic E-state index is 13.0. The van der Waals surface area contributed by atoms with Crippen molar-refractivity contribution in [3.05, 3.63) is 53.1 Å². The van der Waals surface area contributed by atoms with E-state index in [2.05, 4.69) is 9.97 Å². The van der Waals surface area contributed by atoms with E-state index in [0.717, 1.165) is 24.2 Å². The summed E-state index contributed by atoms with van der Waals surface area (Å²) >= 11 is 0. The van der Waals surface area contributed by atoms with Crippen molar-refractivity contribution >= 4 is 11.8 Å². The molecule has 2 amide bonds. The number of likely N-dealkylation sites (tertiary alicyclic amines) is 1. The number of hydrogen-bond acceptors (Lipinski definition) is 6. The van der Waals surface area contributed by atoms with Crippen molar-refractivity contribution < 1.29 is 19.1 Å². The van der Waals surface area contributed by atoms with Crippen LogP contribution in [0.5, 0.6) is 5.75 Å². The molecule has 0 N–H and O–H groups in total. The Bertz CT molecular complexity index is 957. The minimum absolute atomic E-state index is 0.0591. The van der Waals surface area contributed by atoms with E-state index in [1.54, 1.807) is 18.2 Å². The quantitative estimate of drug-likeness (QED) is 0.689. The number of aryl methyl sites for hydroxylation is 2. The van der Waals surface area contributed by atoms with E-state index in [1.165, 1.54) is 0 Å². The Morgan fingerprint density at radius 1 is 1.16 bits per heavy atom. The molecule has 8 nitrogen and oxygen atoms in total. The third-order valence-corrected chi connectivity index (χ3v) is 6.18. The van der Waals surface area contributed by atoms with E-state index in [-0.39, 0.29) is 17.9 Å². The fourth-order valence-corrected chi connectivity index (χ4v) is 4.31. The van der Waals surface area contributed by atoms with Crippen LogP contribution in [0.2, 0.25) is 0 Å². The Kier molecular flexibility index (Phi) is 6.99. The lowest BCUT2D eigenvalue weighted by Gasteiger charge is -2.27. The highest BCUT2D eigenvalue weighted by molar-refractivity contribution is 5.95. The zero-order valence-electron chi connectivity index (χ0n) is 18.7. The number of aromatic nitrogens is 2. The zero-order valence-corrected chi connectivity index (χ0v) is 18.7. The van der Waals surface area contributed by atoms with Crippen molar-refractivity contribution in [2.45, 2.75) is 38.6 Å². The number of hydrogen-bond donors (Lipinski definition) is 0. The largest absolute Gasteiger partial charge is 0.497 e. The van der Waals surface area contributed by atoms with Gasteiger partial charge in [0.2, 0.25) is 5.91 Å². The second-order valence-electron chi connectivity index (χ2n) is 8.23. The van der Waals surface area contributed by atoms with Crippen LogP contribution in [0, 0.1) is 6.92 Å². The fraction of sp³-hybridized carbons (Fsp3) is 0.500. The third kappa shape index (κ3) is 4.91. The van der Waals surface area contributed by atoms with Crippen LogP contribution in [0.1, 0.15) is 52.7 Å². The van der Waals surface area contributed by atoms with Crippen LogP contribution < -0.4 is 4.74 Å². The van der Waals surface area contributed by atoms with E-state index < -0.39 is 0 Å². The van der Waals surface area contributed by atoms with Gasteiger partial charge in [0.25, 0.3) is 5.91 Å². The predicted octanol–water partition coefficient (Wildman–Crippen LogP) is 2.56. The van der Waals surface area contributed by atoms with E-state index in [4.69, 9.17) is 9.47 Å². The highest BCUT2D eigenvalue weighted by Crippen LogP contribution is 2.31. The molecule has 8 heteroatoms. The molecule has 0 spiro atoms. The van der Waals surface area contributed by atoms with Gasteiger partial charge in [0.05, 0.1) is 37.6 Å². The van der Waals surface area contributed by atoms with Crippen molar-refractivity contribution in [2.24, 2.45) is 0 Å². The molecule has 1 aromatic carbocycles. The van der Waals surface area contributed by atoms with Gasteiger partial charge < -0.3 is 19.3 Å². The number of benzene rings is 1. The predicted molar refractivity (Wildman–Crippen MR) is 118 cm³/mol. The van der Waals surface area contributed by atoms with E-state index in [1.807, 2.05) is 36.1 Å². The molecule has 3 heterocycles. The van der Waals surface area contributed by atoms with Crippen LogP contribution in [0.4, 0.5) is 0 Å². The lowest BCUT2D eigenvalue weighted by molar-refractivity contribution is -0.132. The first-order valence-electron chi connectivity index (χ1n) is 11.2. The first kappa shape index (κ1) is 22.2. The summed E-state index contributed by atoms with van der Waals surface area (Å²) < 4.78 is 10.5. The number of carbonyl (C=O) groups excluding carboxylic acids is 2. The lowest BCUT2D eigenvalue weighted by atomic mass is 10.1. The topological polar surface area (TPSA) is 84.9 Å². The summed E-state index contributed by atoms with van der Waals surface area (Å²) in [5, 5.41) is 0. The van der Waals surface area contributed by atoms with Gasteiger partial charge in [-0.15, -0.1) is 0 Å². The van der Waals surface area contributed by atoms with Gasteiger partial charge in [0.1, 0.15) is 5.75 Å². The first-order valence-corrected chi connectivity index (χ1v) is 11.2. The summed E-state index contributed by atoms with van der Waals surface area (Å²) in [6, 6.07) is 7.67. The van der Waals surface area contributed by atoms with Gasteiger partial charge in [0.15, 0.2) is 5.82 Å². The molecule has 4 rings (SSSR count). The summed E-state index contributed by atoms with van der Waals surface area (Å²) in [5.41, 5.74) is 2.28. The summed E-state index contributed by atoms with van der Waals surface area (Å²) in [6.07, 6.45) is 4.50. The second-order valence-corrected chi connectivity index (χ2v) is 8.23. The standard InChI is InChI=1S/C24H30N4O4/c1-17-20(24(30)27-12-14-32-15-13-27)16-25-23(26-17)21-4-3-11-28(21)22(29)10-7-18-5-8-19(31-2)9-6-18/h5-6,8-9,16,21H,3-4,7,10-15H2,1-2H3/t21-/m1/s1. The van der Waals surface area contributed by atoms with Crippen LogP contribution in [0.3, 0.4) is 0 Å². The zero-order chi connectivity index (χ0) is 22.5. The van der Waals surface area contributed by atoms with Gasteiger partial charge in [-0.25, -0.2) is 9.97 Å². The number of amides is 2. The number of rotatable bonds is 6. The number of morpholine rings is 1. The van der Waals surface area contributed by atoms with Crippen molar-refractivity contribution in [1.29, 1.82) is 0 Å². The number of carbonyl (C=O) groups is 2. The molecule has 170 valence electrons. The molecule has 0 radical (unpaired) electrons. The highest BCUT2D eigenvalue weighted by atomic mass is 16.5. The highest BCUT2D eigenvalue weighted by Gasteiger charge is 2.32. The summed E-state index contributed by atoms with van der Waals surface area (Å²) in [5.74, 6) is 1.48. The molecule has 2 aromatic rings. The molecule has 0 saturated carbocycles. The van der Waals surface area contributed by atoms with Crippen LogP contribution in [0.15, 0.2) is 30.5 Å². The van der Waals surface area contributed by atoms with Crippen LogP contribution in [-0.4, -0.2) is 71.5 Å². The molecule has 2 aliphatic rings. The Morgan fingerprint density at radius 3 is 2.59 bits per heavy atom. The normalized spacial score (nSPS) is 18.6. The minimum atomic E-state index is -0.135. The molecule has 2 saturated heterocycles. The van der Waals surface area contributed by atoms with Gasteiger partial charge in [0, 0.05) is 32.3 Å². The van der Waals surface area contributed by atoms with Crippen molar-refractivity contribution in [1.82, 2.24) is 19.8 Å². The van der Waals surface area contributed by atoms with E-state index in [9.17, 15) is 9.59 Å². The number of nitrogens with zero attached hydrogens (tertiary/aromatic N) is 4. The van der Waals surface area contributed by atoms with Gasteiger partial charge >= 0.3 is 0 Å². The van der Waals surface area contributed by atoms with Crippen LogP contribution >= 0.6 is 0 Å². The molecule has 32 heavy (non-hydrogen) atoms. The van der Waals surface area contributed by atoms with Gasteiger partial charge in [-0.1, -0.05) is 12.1 Å². The molecule has 2 aliphatic heterocycles. The van der Waals surface area contributed by atoms with Crippen molar-refractivity contribution in [3.63, 3.8) is 0 Å². The van der Waals surface area contributed by atoms with Crippen LogP contribution in [-0.2, 0) is 16.0 Å². The van der Waals surface area contributed by atoms with E-state index >= 15 is 0 Å². The molecule has 2 fully saturated rings. The van der Waals surface area contributed by atoms with E-state index in [0.29, 0.717) is 62.8 Å². The maximum Gasteiger partial charge on any atom is 0.257 e. The molecular weight excluding hydrogens is 408 g/mol. The molecule has 0 aliphatic carbocycles. The molecular formula is C24H30N4O4. The Labute approximate surface area is 188 Å². The Hall–Kier alpha value is -3.00. The van der Waals surface area contributed by atoms with Crippen molar-refractivity contribution in [2.75, 3.05) is 40.0 Å². The monoisotopic (exact) mass is 438 g/mol. The summed E-state index contributed by atoms with van der Waals surface area (Å²) in [6.45, 7) is 4.82. The van der Waals surface area contributed by atoms with Crippen LogP contribution in [0.25, 0.3) is 0 Å². The Morgan fingerprint density at radius 2 is 1.91 bits per heavy atom. The number of ether oxygens (including phenoxy) is 2. The first-order chi connectivity index (χ1) is 15.6. The van der Waals surface area contributed by atoms with Crippen molar-refractivity contribution in [3.8, 4) is 5.75 Å². The maximum absolute atomic E-state index is 13.0. The third-order valence-electron chi connectivity index (χ3n) is 6.18. The second kappa shape index (κ2) is 10.1. The molecule has 1 atom stereocenters. The average Bonchev–Trinajstić information content (AvgIpc) is 3.33. The van der Waals surface area contributed by atoms with Gasteiger partial charge in [-0.05, 0) is 43.9 Å². The van der Waals surface area contributed by atoms with Gasteiger partial charge in [-0.2, -0.15) is 0 Å². The van der Waals surface area contributed by atoms with Gasteiger partial charge in [-0.3, -0.25) is 9.59 Å². The molecule has 1 aromatic heterocycles. The SMILES string of the molecule is COc1ccc(CCC(=O)N2CCC[C@@H]2c2ncc(C(=O)N3CCOCC3)c(C)n2)cc1. The smallest absolute Gasteiger partial charge is 0.257 e. The molecule has 0 bridgehead atoms. The fourth-order valence-electron chi connectivity index (χ4n) is 4.31.